The Bertz CT molecular complexity index is 350. The van der Waals surface area contributed by atoms with Crippen molar-refractivity contribution < 1.29 is 4.74 Å². The summed E-state index contributed by atoms with van der Waals surface area (Å²) >= 11 is 0. The van der Waals surface area contributed by atoms with Crippen LogP contribution in [0.4, 0.5) is 0 Å². The zero-order valence-corrected chi connectivity index (χ0v) is 8.07. The Kier molecular flexibility index (Phi) is 2.81. The van der Waals surface area contributed by atoms with Gasteiger partial charge in [-0.25, -0.2) is 0 Å². The maximum atomic E-state index is 8.85. The lowest BCUT2D eigenvalue weighted by molar-refractivity contribution is -0.00874. The Morgan fingerprint density at radius 2 is 2.14 bits per heavy atom. The van der Waals surface area contributed by atoms with Gasteiger partial charge in [-0.05, 0) is 30.9 Å². The van der Waals surface area contributed by atoms with Crippen molar-refractivity contribution >= 4 is 0 Å². The quantitative estimate of drug-likeness (QED) is 0.728. The van der Waals surface area contributed by atoms with Crippen molar-refractivity contribution in [2.45, 2.75) is 32.0 Å². The summed E-state index contributed by atoms with van der Waals surface area (Å²) in [5.74, 6) is 0. The third-order valence-corrected chi connectivity index (χ3v) is 2.66. The van der Waals surface area contributed by atoms with Crippen LogP contribution < -0.4 is 0 Å². The van der Waals surface area contributed by atoms with Crippen LogP contribution in [0.1, 0.15) is 30.4 Å². The first-order chi connectivity index (χ1) is 6.90. The van der Waals surface area contributed by atoms with Crippen molar-refractivity contribution in [3.05, 3.63) is 35.4 Å². The molecule has 0 radical (unpaired) electrons. The number of benzene rings is 1. The largest absolute Gasteiger partial charge is 0.373 e. The van der Waals surface area contributed by atoms with Crippen molar-refractivity contribution in [2.24, 2.45) is 0 Å². The minimum Gasteiger partial charge on any atom is -0.373 e. The molecule has 0 amide bonds. The lowest BCUT2D eigenvalue weighted by atomic mass is 9.96. The lowest BCUT2D eigenvalue weighted by Crippen LogP contribution is -2.21. The molecule has 0 N–H and O–H groups in total. The van der Waals surface area contributed by atoms with Gasteiger partial charge in [0.15, 0.2) is 0 Å². The van der Waals surface area contributed by atoms with Crippen LogP contribution in [0.2, 0.25) is 0 Å². The second-order valence-electron chi connectivity index (χ2n) is 3.63. The molecule has 0 aromatic heterocycles. The Labute approximate surface area is 84.1 Å². The van der Waals surface area contributed by atoms with Gasteiger partial charge < -0.3 is 4.74 Å². The second kappa shape index (κ2) is 4.26. The van der Waals surface area contributed by atoms with Gasteiger partial charge in [0.05, 0.1) is 24.3 Å². The number of nitrogens with zero attached hydrogens (tertiary/aromatic N) is 1. The van der Waals surface area contributed by atoms with Gasteiger partial charge in [0.25, 0.3) is 0 Å². The van der Waals surface area contributed by atoms with Crippen molar-refractivity contribution in [3.63, 3.8) is 0 Å². The SMILES string of the molecule is N#Cc1ccccc1COC1CCC1. The fourth-order valence-electron chi connectivity index (χ4n) is 1.50. The van der Waals surface area contributed by atoms with E-state index in [9.17, 15) is 0 Å². The predicted octanol–water partition coefficient (Wildman–Crippen LogP) is 2.63. The van der Waals surface area contributed by atoms with Crippen LogP contribution in [-0.2, 0) is 11.3 Å². The van der Waals surface area contributed by atoms with Crippen molar-refractivity contribution in [3.8, 4) is 6.07 Å². The fraction of sp³-hybridized carbons (Fsp3) is 0.417. The fourth-order valence-corrected chi connectivity index (χ4v) is 1.50. The Morgan fingerprint density at radius 1 is 1.36 bits per heavy atom. The summed E-state index contributed by atoms with van der Waals surface area (Å²) in [6.07, 6.45) is 4.07. The Morgan fingerprint density at radius 3 is 2.79 bits per heavy atom. The monoisotopic (exact) mass is 187 g/mol. The molecule has 2 rings (SSSR count). The van der Waals surface area contributed by atoms with E-state index in [2.05, 4.69) is 6.07 Å². The van der Waals surface area contributed by atoms with Gasteiger partial charge in [-0.15, -0.1) is 0 Å². The minimum absolute atomic E-state index is 0.432. The lowest BCUT2D eigenvalue weighted by Gasteiger charge is -2.25. The molecule has 0 unspecified atom stereocenters. The van der Waals surface area contributed by atoms with Gasteiger partial charge in [-0.1, -0.05) is 18.2 Å². The summed E-state index contributed by atoms with van der Waals surface area (Å²) in [6.45, 7) is 0.578. The van der Waals surface area contributed by atoms with Crippen LogP contribution >= 0.6 is 0 Å². The molecule has 1 aliphatic rings. The molecule has 1 fully saturated rings. The van der Waals surface area contributed by atoms with Crippen molar-refractivity contribution in [1.82, 2.24) is 0 Å². The molecule has 0 bridgehead atoms. The van der Waals surface area contributed by atoms with E-state index in [1.54, 1.807) is 0 Å². The van der Waals surface area contributed by atoms with Gasteiger partial charge in [0.2, 0.25) is 0 Å². The predicted molar refractivity (Wildman–Crippen MR) is 53.6 cm³/mol. The standard InChI is InChI=1S/C12H13NO/c13-8-10-4-1-2-5-11(10)9-14-12-6-3-7-12/h1-2,4-5,12H,3,6-7,9H2. The molecule has 0 aliphatic heterocycles. The van der Waals surface area contributed by atoms with Gasteiger partial charge in [0, 0.05) is 0 Å². The first-order valence-corrected chi connectivity index (χ1v) is 5.00. The smallest absolute Gasteiger partial charge is 0.0995 e. The molecule has 1 aromatic carbocycles. The molecule has 1 aliphatic carbocycles. The number of rotatable bonds is 3. The maximum Gasteiger partial charge on any atom is 0.0995 e. The molecule has 2 heteroatoms. The van der Waals surface area contributed by atoms with Crippen LogP contribution in [0, 0.1) is 11.3 Å². The van der Waals surface area contributed by atoms with E-state index in [4.69, 9.17) is 10.00 Å². The summed E-state index contributed by atoms with van der Waals surface area (Å²) in [6, 6.07) is 9.79. The molecule has 0 saturated heterocycles. The highest BCUT2D eigenvalue weighted by atomic mass is 16.5. The Hall–Kier alpha value is -1.33. The Balaban J connectivity index is 1.97. The van der Waals surface area contributed by atoms with Gasteiger partial charge in [-0.2, -0.15) is 5.26 Å². The zero-order valence-electron chi connectivity index (χ0n) is 8.07. The van der Waals surface area contributed by atoms with E-state index in [1.807, 2.05) is 24.3 Å². The van der Waals surface area contributed by atoms with E-state index < -0.39 is 0 Å². The number of nitriles is 1. The summed E-state index contributed by atoms with van der Waals surface area (Å²) < 4.78 is 5.66. The molecule has 0 heterocycles. The first kappa shape index (κ1) is 9.23. The molecular formula is C12H13NO. The van der Waals surface area contributed by atoms with Crippen LogP contribution in [0.3, 0.4) is 0 Å². The summed E-state index contributed by atoms with van der Waals surface area (Å²) in [5.41, 5.74) is 1.73. The van der Waals surface area contributed by atoms with Crippen molar-refractivity contribution in [1.29, 1.82) is 5.26 Å². The van der Waals surface area contributed by atoms with E-state index >= 15 is 0 Å². The normalized spacial score (nSPS) is 15.9. The van der Waals surface area contributed by atoms with E-state index in [0.717, 1.165) is 11.1 Å². The number of ether oxygens (including phenoxy) is 1. The highest BCUT2D eigenvalue weighted by Crippen LogP contribution is 2.23. The van der Waals surface area contributed by atoms with Gasteiger partial charge in [0.1, 0.15) is 0 Å². The third-order valence-electron chi connectivity index (χ3n) is 2.66. The summed E-state index contributed by atoms with van der Waals surface area (Å²) in [4.78, 5) is 0. The van der Waals surface area contributed by atoms with Gasteiger partial charge in [-0.3, -0.25) is 0 Å². The second-order valence-corrected chi connectivity index (χ2v) is 3.63. The molecule has 1 aromatic rings. The van der Waals surface area contributed by atoms with Gasteiger partial charge >= 0.3 is 0 Å². The molecule has 14 heavy (non-hydrogen) atoms. The molecule has 0 atom stereocenters. The highest BCUT2D eigenvalue weighted by molar-refractivity contribution is 5.36. The number of hydrogen-bond donors (Lipinski definition) is 0. The van der Waals surface area contributed by atoms with Crippen molar-refractivity contribution in [2.75, 3.05) is 0 Å². The zero-order chi connectivity index (χ0) is 9.80. The minimum atomic E-state index is 0.432. The van der Waals surface area contributed by atoms with Crippen LogP contribution in [0.5, 0.6) is 0 Å². The average Bonchev–Trinajstić information content (AvgIpc) is 2.16. The molecule has 0 spiro atoms. The van der Waals surface area contributed by atoms with E-state index in [0.29, 0.717) is 12.7 Å². The molecule has 72 valence electrons. The van der Waals surface area contributed by atoms with Crippen LogP contribution in [-0.4, -0.2) is 6.10 Å². The molecule has 1 saturated carbocycles. The van der Waals surface area contributed by atoms with Crippen LogP contribution in [0.15, 0.2) is 24.3 Å². The first-order valence-electron chi connectivity index (χ1n) is 5.00. The summed E-state index contributed by atoms with van der Waals surface area (Å²) in [7, 11) is 0. The highest BCUT2D eigenvalue weighted by Gasteiger charge is 2.17. The van der Waals surface area contributed by atoms with Crippen LogP contribution in [0.25, 0.3) is 0 Å². The van der Waals surface area contributed by atoms with E-state index in [1.165, 1.54) is 19.3 Å². The maximum absolute atomic E-state index is 8.85. The number of hydrogen-bond acceptors (Lipinski definition) is 2. The third kappa shape index (κ3) is 1.94. The average molecular weight is 187 g/mol. The van der Waals surface area contributed by atoms with E-state index in [-0.39, 0.29) is 0 Å². The summed E-state index contributed by atoms with van der Waals surface area (Å²) in [5, 5.41) is 8.85. The topological polar surface area (TPSA) is 33.0 Å². The molecular weight excluding hydrogens is 174 g/mol. The molecule has 2 nitrogen and oxygen atoms in total.